The Morgan fingerprint density at radius 1 is 1.09 bits per heavy atom. The predicted octanol–water partition coefficient (Wildman–Crippen LogP) is 4.40. The molecule has 0 saturated carbocycles. The Labute approximate surface area is 181 Å². The van der Waals surface area contributed by atoms with Crippen molar-refractivity contribution in [3.05, 3.63) is 83.7 Å². The molecule has 0 aliphatic rings. The largest absolute Gasteiger partial charge is 0.497 e. The van der Waals surface area contributed by atoms with Gasteiger partial charge in [0.15, 0.2) is 11.3 Å². The summed E-state index contributed by atoms with van der Waals surface area (Å²) >= 11 is 0. The van der Waals surface area contributed by atoms with Crippen molar-refractivity contribution in [3.63, 3.8) is 0 Å². The summed E-state index contributed by atoms with van der Waals surface area (Å²) in [6, 6.07) is 16.9. The maximum atomic E-state index is 13.7. The number of nitrogens with zero attached hydrogens (tertiary/aromatic N) is 3. The van der Waals surface area contributed by atoms with Crippen molar-refractivity contribution in [1.29, 1.82) is 0 Å². The summed E-state index contributed by atoms with van der Waals surface area (Å²) in [6.45, 7) is 0.324. The SMILES string of the molecule is COc1ccc(-c2cc(C(F)(F)F)n3ncc(C(=O)NCCc4ccccc4)c3n2)cc1. The van der Waals surface area contributed by atoms with Crippen LogP contribution in [0.25, 0.3) is 16.9 Å². The molecule has 0 radical (unpaired) electrons. The predicted molar refractivity (Wildman–Crippen MR) is 112 cm³/mol. The molecule has 0 aliphatic carbocycles. The Balaban J connectivity index is 1.68. The second kappa shape index (κ2) is 8.70. The molecule has 0 bridgehead atoms. The number of fused-ring (bicyclic) bond motifs is 1. The zero-order chi connectivity index (χ0) is 22.7. The fourth-order valence-corrected chi connectivity index (χ4v) is 3.29. The molecule has 4 aromatic rings. The van der Waals surface area contributed by atoms with Crippen LogP contribution in [0.5, 0.6) is 5.75 Å². The van der Waals surface area contributed by atoms with Gasteiger partial charge in [0.2, 0.25) is 0 Å². The van der Waals surface area contributed by atoms with Crippen LogP contribution in [-0.2, 0) is 12.6 Å². The van der Waals surface area contributed by atoms with E-state index < -0.39 is 17.8 Å². The summed E-state index contributed by atoms with van der Waals surface area (Å²) in [4.78, 5) is 17.0. The third-order valence-corrected chi connectivity index (χ3v) is 4.93. The van der Waals surface area contributed by atoms with E-state index in [2.05, 4.69) is 15.4 Å². The van der Waals surface area contributed by atoms with Gasteiger partial charge in [-0.25, -0.2) is 9.50 Å². The third-order valence-electron chi connectivity index (χ3n) is 4.93. The molecule has 1 amide bonds. The first-order valence-corrected chi connectivity index (χ1v) is 9.79. The van der Waals surface area contributed by atoms with Crippen LogP contribution in [0.15, 0.2) is 66.9 Å². The first-order valence-electron chi connectivity index (χ1n) is 9.79. The van der Waals surface area contributed by atoms with E-state index in [1.165, 1.54) is 7.11 Å². The number of benzene rings is 2. The molecule has 6 nitrogen and oxygen atoms in total. The molecule has 0 unspecified atom stereocenters. The zero-order valence-corrected chi connectivity index (χ0v) is 17.1. The van der Waals surface area contributed by atoms with Gasteiger partial charge in [0.25, 0.3) is 5.91 Å². The van der Waals surface area contributed by atoms with Gasteiger partial charge in [-0.1, -0.05) is 30.3 Å². The van der Waals surface area contributed by atoms with E-state index in [4.69, 9.17) is 4.74 Å². The standard InChI is InChI=1S/C23H19F3N4O2/c1-32-17-9-7-16(8-10-17)19-13-20(23(24,25)26)30-21(29-19)18(14-28-30)22(31)27-12-11-15-5-3-2-4-6-15/h2-10,13-14H,11-12H2,1H3,(H,27,31). The van der Waals surface area contributed by atoms with Crippen molar-refractivity contribution in [2.45, 2.75) is 12.6 Å². The quantitative estimate of drug-likeness (QED) is 0.483. The molecule has 9 heteroatoms. The van der Waals surface area contributed by atoms with Crippen LogP contribution in [-0.4, -0.2) is 34.2 Å². The first-order chi connectivity index (χ1) is 15.4. The number of halogens is 3. The van der Waals surface area contributed by atoms with E-state index in [-0.39, 0.29) is 16.9 Å². The van der Waals surface area contributed by atoms with Crippen molar-refractivity contribution < 1.29 is 22.7 Å². The molecule has 0 spiro atoms. The molecular formula is C23H19F3N4O2. The Bertz CT molecular complexity index is 1240. The monoisotopic (exact) mass is 440 g/mol. The Morgan fingerprint density at radius 2 is 1.81 bits per heavy atom. The van der Waals surface area contributed by atoms with Gasteiger partial charge in [-0.15, -0.1) is 0 Å². The van der Waals surface area contributed by atoms with Gasteiger partial charge in [0, 0.05) is 12.1 Å². The summed E-state index contributed by atoms with van der Waals surface area (Å²) in [5, 5.41) is 6.52. The average molecular weight is 440 g/mol. The summed E-state index contributed by atoms with van der Waals surface area (Å²) in [5.74, 6) is 0.0251. The van der Waals surface area contributed by atoms with Gasteiger partial charge >= 0.3 is 6.18 Å². The maximum absolute atomic E-state index is 13.7. The van der Waals surface area contributed by atoms with E-state index in [0.29, 0.717) is 28.8 Å². The summed E-state index contributed by atoms with van der Waals surface area (Å²) < 4.78 is 46.9. The van der Waals surface area contributed by atoms with Crippen molar-refractivity contribution in [1.82, 2.24) is 19.9 Å². The van der Waals surface area contributed by atoms with E-state index in [0.717, 1.165) is 17.8 Å². The number of rotatable bonds is 6. The number of hydrogen-bond donors (Lipinski definition) is 1. The number of aromatic nitrogens is 3. The van der Waals surface area contributed by atoms with Crippen molar-refractivity contribution in [2.75, 3.05) is 13.7 Å². The topological polar surface area (TPSA) is 68.5 Å². The van der Waals surface area contributed by atoms with Crippen LogP contribution < -0.4 is 10.1 Å². The number of carbonyl (C=O) groups excluding carboxylic acids is 1. The molecule has 1 N–H and O–H groups in total. The van der Waals surface area contributed by atoms with Crippen molar-refractivity contribution >= 4 is 11.6 Å². The Hall–Kier alpha value is -3.88. The van der Waals surface area contributed by atoms with Gasteiger partial charge in [0.05, 0.1) is 19.0 Å². The lowest BCUT2D eigenvalue weighted by Crippen LogP contribution is -2.26. The molecule has 32 heavy (non-hydrogen) atoms. The van der Waals surface area contributed by atoms with Crippen LogP contribution in [0.1, 0.15) is 21.6 Å². The maximum Gasteiger partial charge on any atom is 0.433 e. The molecular weight excluding hydrogens is 421 g/mol. The summed E-state index contributed by atoms with van der Waals surface area (Å²) in [7, 11) is 1.50. The minimum absolute atomic E-state index is 0.0288. The number of alkyl halides is 3. The van der Waals surface area contributed by atoms with Crippen LogP contribution in [0.2, 0.25) is 0 Å². The fourth-order valence-electron chi connectivity index (χ4n) is 3.29. The second-order valence-corrected chi connectivity index (χ2v) is 7.04. The third kappa shape index (κ3) is 4.41. The number of ether oxygens (including phenoxy) is 1. The smallest absolute Gasteiger partial charge is 0.433 e. The normalized spacial score (nSPS) is 11.5. The molecule has 0 atom stereocenters. The highest BCUT2D eigenvalue weighted by atomic mass is 19.4. The number of amides is 1. The van der Waals surface area contributed by atoms with E-state index in [1.54, 1.807) is 24.3 Å². The Kier molecular flexibility index (Phi) is 5.81. The molecule has 0 aliphatic heterocycles. The molecule has 2 aromatic carbocycles. The molecule has 0 saturated heterocycles. The zero-order valence-electron chi connectivity index (χ0n) is 17.1. The van der Waals surface area contributed by atoms with Gasteiger partial charge < -0.3 is 10.1 Å². The number of hydrogen-bond acceptors (Lipinski definition) is 4. The second-order valence-electron chi connectivity index (χ2n) is 7.04. The van der Waals surface area contributed by atoms with E-state index in [9.17, 15) is 18.0 Å². The van der Waals surface area contributed by atoms with Crippen molar-refractivity contribution in [3.8, 4) is 17.0 Å². The molecule has 2 aromatic heterocycles. The highest BCUT2D eigenvalue weighted by molar-refractivity contribution is 5.99. The number of nitrogens with one attached hydrogen (secondary N) is 1. The molecule has 2 heterocycles. The van der Waals surface area contributed by atoms with Gasteiger partial charge in [-0.2, -0.15) is 18.3 Å². The van der Waals surface area contributed by atoms with E-state index in [1.807, 2.05) is 30.3 Å². The lowest BCUT2D eigenvalue weighted by molar-refractivity contribution is -0.142. The average Bonchev–Trinajstić information content (AvgIpc) is 3.22. The van der Waals surface area contributed by atoms with Crippen molar-refractivity contribution in [2.24, 2.45) is 0 Å². The van der Waals surface area contributed by atoms with E-state index >= 15 is 0 Å². The summed E-state index contributed by atoms with van der Waals surface area (Å²) in [5.41, 5.74) is 0.354. The fraction of sp³-hybridized carbons (Fsp3) is 0.174. The number of carbonyl (C=O) groups is 1. The molecule has 4 rings (SSSR count). The number of methoxy groups -OCH3 is 1. The molecule has 0 fully saturated rings. The highest BCUT2D eigenvalue weighted by Crippen LogP contribution is 2.33. The van der Waals surface area contributed by atoms with Crippen LogP contribution >= 0.6 is 0 Å². The van der Waals surface area contributed by atoms with Crippen LogP contribution in [0.4, 0.5) is 13.2 Å². The van der Waals surface area contributed by atoms with Gasteiger partial charge in [-0.05, 0) is 42.3 Å². The van der Waals surface area contributed by atoms with Crippen LogP contribution in [0.3, 0.4) is 0 Å². The lowest BCUT2D eigenvalue weighted by atomic mass is 10.1. The van der Waals surface area contributed by atoms with Gasteiger partial charge in [0.1, 0.15) is 11.3 Å². The minimum atomic E-state index is -4.69. The van der Waals surface area contributed by atoms with Gasteiger partial charge in [-0.3, -0.25) is 4.79 Å². The lowest BCUT2D eigenvalue weighted by Gasteiger charge is -2.12. The minimum Gasteiger partial charge on any atom is -0.497 e. The highest BCUT2D eigenvalue weighted by Gasteiger charge is 2.36. The van der Waals surface area contributed by atoms with Crippen LogP contribution in [0, 0.1) is 0 Å². The first kappa shape index (κ1) is 21.4. The summed E-state index contributed by atoms with van der Waals surface area (Å²) in [6.07, 6.45) is -2.99. The Morgan fingerprint density at radius 3 is 2.47 bits per heavy atom. The molecule has 164 valence electrons.